The minimum atomic E-state index is -0.420. The van der Waals surface area contributed by atoms with E-state index in [2.05, 4.69) is 4.98 Å². The zero-order valence-corrected chi connectivity index (χ0v) is 8.79. The van der Waals surface area contributed by atoms with E-state index < -0.39 is 5.97 Å². The number of carbonyl (C=O) groups is 1. The van der Waals surface area contributed by atoms with E-state index in [1.807, 2.05) is 13.8 Å². The van der Waals surface area contributed by atoms with Gasteiger partial charge in [0.1, 0.15) is 0 Å². The quantitative estimate of drug-likeness (QED) is 0.692. The van der Waals surface area contributed by atoms with Crippen LogP contribution in [0.1, 0.15) is 42.9 Å². The fraction of sp³-hybridized carbons (Fsp3) is 0.600. The van der Waals surface area contributed by atoms with Gasteiger partial charge in [-0.3, -0.25) is 0 Å². The summed E-state index contributed by atoms with van der Waals surface area (Å²) in [5, 5.41) is 0. The van der Waals surface area contributed by atoms with Crippen LogP contribution < -0.4 is 0 Å². The van der Waals surface area contributed by atoms with Crippen molar-refractivity contribution in [1.82, 2.24) is 4.98 Å². The van der Waals surface area contributed by atoms with Gasteiger partial charge >= 0.3 is 5.97 Å². The molecule has 0 aliphatic heterocycles. The summed E-state index contributed by atoms with van der Waals surface area (Å²) >= 11 is 0. The molecule has 0 aliphatic carbocycles. The lowest BCUT2D eigenvalue weighted by Crippen LogP contribution is -2.05. The smallest absolute Gasteiger partial charge is 0.376 e. The Morgan fingerprint density at radius 2 is 2.07 bits per heavy atom. The summed E-state index contributed by atoms with van der Waals surface area (Å²) in [5.74, 6) is 0.424. The summed E-state index contributed by atoms with van der Waals surface area (Å²) in [4.78, 5) is 15.6. The maximum Gasteiger partial charge on any atom is 0.376 e. The van der Waals surface area contributed by atoms with Crippen molar-refractivity contribution in [3.05, 3.63) is 17.3 Å². The average Bonchev–Trinajstić information content (AvgIpc) is 2.61. The fourth-order valence-electron chi connectivity index (χ4n) is 1.15. The highest BCUT2D eigenvalue weighted by molar-refractivity contribution is 5.87. The van der Waals surface area contributed by atoms with E-state index in [-0.39, 0.29) is 5.76 Å². The Hall–Kier alpha value is -1.32. The largest absolute Gasteiger partial charge is 0.460 e. The zero-order chi connectivity index (χ0) is 10.6. The molecular formula is C10H15NO3. The molecule has 1 rings (SSSR count). The predicted molar refractivity (Wildman–Crippen MR) is 51.2 cm³/mol. The van der Waals surface area contributed by atoms with E-state index in [1.165, 1.54) is 0 Å². The molecule has 4 nitrogen and oxygen atoms in total. The first kappa shape index (κ1) is 10.8. The van der Waals surface area contributed by atoms with Crippen LogP contribution in [0, 0.1) is 0 Å². The van der Waals surface area contributed by atoms with E-state index in [9.17, 15) is 4.79 Å². The number of rotatable bonds is 4. The summed E-state index contributed by atoms with van der Waals surface area (Å²) in [6, 6.07) is 0. The molecule has 0 spiro atoms. The molecular weight excluding hydrogens is 182 g/mol. The number of aryl methyl sites for hydroxylation is 2. The predicted octanol–water partition coefficient (Wildman–Crippen LogP) is 1.98. The van der Waals surface area contributed by atoms with Crippen LogP contribution in [-0.4, -0.2) is 17.6 Å². The van der Waals surface area contributed by atoms with Crippen LogP contribution in [0.15, 0.2) is 4.42 Å². The van der Waals surface area contributed by atoms with Crippen molar-refractivity contribution in [3.63, 3.8) is 0 Å². The molecule has 0 saturated carbocycles. The number of oxazole rings is 1. The Bertz CT molecular complexity index is 317. The van der Waals surface area contributed by atoms with Crippen LogP contribution in [-0.2, 0) is 17.6 Å². The van der Waals surface area contributed by atoms with Gasteiger partial charge in [-0.15, -0.1) is 0 Å². The lowest BCUT2D eigenvalue weighted by atomic mass is 10.3. The van der Waals surface area contributed by atoms with Crippen molar-refractivity contribution in [2.75, 3.05) is 6.61 Å². The van der Waals surface area contributed by atoms with Gasteiger partial charge in [0.25, 0.3) is 0 Å². The van der Waals surface area contributed by atoms with Crippen LogP contribution in [0.3, 0.4) is 0 Å². The van der Waals surface area contributed by atoms with Crippen LogP contribution >= 0.6 is 0 Å². The van der Waals surface area contributed by atoms with Crippen LogP contribution in [0.25, 0.3) is 0 Å². The summed E-state index contributed by atoms with van der Waals surface area (Å²) in [5.41, 5.74) is 0.681. The first-order valence-corrected chi connectivity index (χ1v) is 4.88. The molecule has 0 unspecified atom stereocenters. The molecule has 78 valence electrons. The summed E-state index contributed by atoms with van der Waals surface area (Å²) in [6.07, 6.45) is 1.37. The summed E-state index contributed by atoms with van der Waals surface area (Å²) in [7, 11) is 0. The van der Waals surface area contributed by atoms with E-state index >= 15 is 0 Å². The number of carbonyl (C=O) groups excluding carboxylic acids is 1. The molecule has 4 heteroatoms. The van der Waals surface area contributed by atoms with Crippen molar-refractivity contribution < 1.29 is 13.9 Å². The van der Waals surface area contributed by atoms with Gasteiger partial charge in [0.2, 0.25) is 5.76 Å². The number of hydrogen-bond acceptors (Lipinski definition) is 4. The topological polar surface area (TPSA) is 52.3 Å². The summed E-state index contributed by atoms with van der Waals surface area (Å²) < 4.78 is 10.1. The van der Waals surface area contributed by atoms with E-state index in [0.717, 1.165) is 0 Å². The number of aromatic nitrogens is 1. The van der Waals surface area contributed by atoms with Gasteiger partial charge in [-0.2, -0.15) is 0 Å². The molecule has 0 saturated heterocycles. The number of ether oxygens (including phenoxy) is 1. The van der Waals surface area contributed by atoms with E-state index in [0.29, 0.717) is 31.0 Å². The van der Waals surface area contributed by atoms with Gasteiger partial charge in [0, 0.05) is 6.42 Å². The lowest BCUT2D eigenvalue weighted by molar-refractivity contribution is 0.0486. The molecule has 0 N–H and O–H groups in total. The van der Waals surface area contributed by atoms with Crippen molar-refractivity contribution in [2.24, 2.45) is 0 Å². The Kier molecular flexibility index (Phi) is 3.68. The SMILES string of the molecule is CCOC(=O)c1oc(CC)nc1CC. The van der Waals surface area contributed by atoms with Crippen molar-refractivity contribution in [2.45, 2.75) is 33.6 Å². The highest BCUT2D eigenvalue weighted by Crippen LogP contribution is 2.13. The van der Waals surface area contributed by atoms with Gasteiger partial charge in [0.15, 0.2) is 5.89 Å². The maximum atomic E-state index is 11.4. The fourth-order valence-corrected chi connectivity index (χ4v) is 1.15. The molecule has 0 aromatic carbocycles. The third-order valence-corrected chi connectivity index (χ3v) is 1.84. The van der Waals surface area contributed by atoms with Gasteiger partial charge in [-0.1, -0.05) is 13.8 Å². The second kappa shape index (κ2) is 4.79. The number of esters is 1. The molecule has 0 atom stereocenters. The average molecular weight is 197 g/mol. The third kappa shape index (κ3) is 2.13. The van der Waals surface area contributed by atoms with Gasteiger partial charge in [-0.05, 0) is 13.3 Å². The molecule has 1 aromatic heterocycles. The Morgan fingerprint density at radius 1 is 1.36 bits per heavy atom. The highest BCUT2D eigenvalue weighted by Gasteiger charge is 2.19. The van der Waals surface area contributed by atoms with Crippen molar-refractivity contribution >= 4 is 5.97 Å². The second-order valence-corrected chi connectivity index (χ2v) is 2.81. The third-order valence-electron chi connectivity index (χ3n) is 1.84. The van der Waals surface area contributed by atoms with Gasteiger partial charge in [0.05, 0.1) is 12.3 Å². The Morgan fingerprint density at radius 3 is 2.57 bits per heavy atom. The molecule has 0 fully saturated rings. The second-order valence-electron chi connectivity index (χ2n) is 2.81. The molecule has 0 radical (unpaired) electrons. The summed E-state index contributed by atoms with van der Waals surface area (Å²) in [6.45, 7) is 5.98. The molecule has 14 heavy (non-hydrogen) atoms. The van der Waals surface area contributed by atoms with E-state index in [4.69, 9.17) is 9.15 Å². The maximum absolute atomic E-state index is 11.4. The zero-order valence-electron chi connectivity index (χ0n) is 8.79. The van der Waals surface area contributed by atoms with Crippen LogP contribution in [0.4, 0.5) is 0 Å². The molecule has 0 aliphatic rings. The minimum Gasteiger partial charge on any atom is -0.460 e. The number of nitrogens with zero attached hydrogens (tertiary/aromatic N) is 1. The van der Waals surface area contributed by atoms with Crippen molar-refractivity contribution in [3.8, 4) is 0 Å². The molecule has 1 heterocycles. The van der Waals surface area contributed by atoms with Gasteiger partial charge < -0.3 is 9.15 Å². The van der Waals surface area contributed by atoms with Crippen molar-refractivity contribution in [1.29, 1.82) is 0 Å². The lowest BCUT2D eigenvalue weighted by Gasteiger charge is -1.98. The minimum absolute atomic E-state index is 0.256. The highest BCUT2D eigenvalue weighted by atomic mass is 16.5. The van der Waals surface area contributed by atoms with Crippen LogP contribution in [0.2, 0.25) is 0 Å². The standard InChI is InChI=1S/C10H15NO3/c1-4-7-9(10(12)13-6-3)14-8(5-2)11-7/h4-6H2,1-3H3. The normalized spacial score (nSPS) is 10.2. The first-order valence-electron chi connectivity index (χ1n) is 4.88. The number of hydrogen-bond donors (Lipinski definition) is 0. The molecule has 0 bridgehead atoms. The Balaban J connectivity index is 2.93. The molecule has 0 amide bonds. The van der Waals surface area contributed by atoms with Crippen LogP contribution in [0.5, 0.6) is 0 Å². The van der Waals surface area contributed by atoms with Gasteiger partial charge in [-0.25, -0.2) is 9.78 Å². The monoisotopic (exact) mass is 197 g/mol. The first-order chi connectivity index (χ1) is 6.72. The molecule has 1 aromatic rings. The Labute approximate surface area is 83.3 Å². The van der Waals surface area contributed by atoms with E-state index in [1.54, 1.807) is 6.92 Å².